The van der Waals surface area contributed by atoms with Gasteiger partial charge in [-0.05, 0) is 0 Å². The topological polar surface area (TPSA) is 114 Å². The van der Waals surface area contributed by atoms with Gasteiger partial charge in [0.2, 0.25) is 0 Å². The van der Waals surface area contributed by atoms with Crippen molar-refractivity contribution in [1.82, 2.24) is 0 Å². The van der Waals surface area contributed by atoms with Gasteiger partial charge in [-0.15, -0.1) is 0 Å². The first-order chi connectivity index (χ1) is 0. The Labute approximate surface area is 91.4 Å². The normalized spacial score (nSPS) is 0. The van der Waals surface area contributed by atoms with E-state index >= 15 is 0 Å². The van der Waals surface area contributed by atoms with Crippen molar-refractivity contribution in [2.45, 2.75) is 0 Å². The van der Waals surface area contributed by atoms with Crippen LogP contribution in [0.2, 0.25) is 0 Å². The van der Waals surface area contributed by atoms with Gasteiger partial charge in [0.05, 0.1) is 0 Å². The van der Waals surface area contributed by atoms with Gasteiger partial charge in [-0.1, -0.05) is 0 Å². The first-order valence-corrected chi connectivity index (χ1v) is 0. The van der Waals surface area contributed by atoms with E-state index in [1.54, 1.807) is 0 Å². The molecule has 0 atom stereocenters. The van der Waals surface area contributed by atoms with Crippen LogP contribution in [0.4, 0.5) is 0 Å². The second-order valence-corrected chi connectivity index (χ2v) is 0. The maximum absolute atomic E-state index is 0. The Kier molecular flexibility index (Phi) is 3670. The van der Waals surface area contributed by atoms with Crippen LogP contribution in [0.15, 0.2) is 0 Å². The van der Waals surface area contributed by atoms with E-state index < -0.39 is 0 Å². The van der Waals surface area contributed by atoms with E-state index in [0.717, 1.165) is 0 Å². The minimum Gasteiger partial charge on any atom is -2.00 e. The first kappa shape index (κ1) is 203. The number of hydrogen-bond donors (Lipinski definition) is 0. The third kappa shape index (κ3) is 98.2. The van der Waals surface area contributed by atoms with Crippen molar-refractivity contribution >= 4 is 0 Å². The van der Waals surface area contributed by atoms with Gasteiger partial charge >= 0.3 is 70.1 Å². The Morgan fingerprint density at radius 1 is 0.500 bits per heavy atom. The maximum Gasteiger partial charge on any atom is 2.00 e. The number of hydrogen-bond acceptors (Lipinski definition) is 0. The van der Waals surface area contributed by atoms with Crippen molar-refractivity contribution in [1.29, 1.82) is 0 Å². The monoisotopic (exact) mass is 298 g/mol. The van der Waals surface area contributed by atoms with Crippen LogP contribution in [0.5, 0.6) is 0 Å². The number of rotatable bonds is 0. The predicted octanol–water partition coefficient (Wildman–Crippen LogP) is -0.485. The maximum atomic E-state index is 0. The van der Waals surface area contributed by atoms with E-state index in [4.69, 9.17) is 0 Å². The Morgan fingerprint density at radius 2 is 0.500 bits per heavy atom. The van der Waals surface area contributed by atoms with Crippen molar-refractivity contribution in [2.24, 2.45) is 0 Å². The summed E-state index contributed by atoms with van der Waals surface area (Å²) in [5, 5.41) is 0. The molecule has 0 amide bonds. The summed E-state index contributed by atoms with van der Waals surface area (Å²) < 4.78 is 0. The molecule has 8 heavy (non-hydrogen) atoms. The largest absolute Gasteiger partial charge is 2.00 e. The van der Waals surface area contributed by atoms with Gasteiger partial charge in [0.1, 0.15) is 0 Å². The summed E-state index contributed by atoms with van der Waals surface area (Å²) in [4.78, 5) is 0. The molecule has 0 radical (unpaired) electrons. The second-order valence-electron chi connectivity index (χ2n) is 0. The van der Waals surface area contributed by atoms with Crippen LogP contribution in [0, 0.1) is 0 Å². The fourth-order valence-corrected chi connectivity index (χ4v) is 0. The van der Waals surface area contributed by atoms with Gasteiger partial charge in [0, 0.05) is 0 Å². The van der Waals surface area contributed by atoms with E-state index in [-0.39, 0.29) is 92.0 Å². The molecule has 0 aliphatic heterocycles. The molecule has 0 saturated heterocycles. The van der Waals surface area contributed by atoms with Crippen LogP contribution in [0.25, 0.3) is 0 Å². The first-order valence-electron chi connectivity index (χ1n) is 0. The van der Waals surface area contributed by atoms with E-state index in [1.165, 1.54) is 0 Å². The molecule has 0 aliphatic rings. The molecule has 52 valence electrons. The average Bonchev–Trinajstić information content (AvgIpc) is 0. The third-order valence-corrected chi connectivity index (χ3v) is 0. The van der Waals surface area contributed by atoms with Gasteiger partial charge in [0.15, 0.2) is 0 Å². The molecule has 0 bridgehead atoms. The summed E-state index contributed by atoms with van der Waals surface area (Å²) in [5.41, 5.74) is 0. The Morgan fingerprint density at radius 3 is 0.500 bits per heavy atom. The molecule has 0 aromatic heterocycles. The van der Waals surface area contributed by atoms with Crippen LogP contribution >= 0.6 is 0 Å². The van der Waals surface area contributed by atoms with Crippen molar-refractivity contribution < 1.29 is 92.0 Å². The van der Waals surface area contributed by atoms with Gasteiger partial charge in [-0.25, -0.2) is 0 Å². The summed E-state index contributed by atoms with van der Waals surface area (Å²) >= 11 is 0. The van der Waals surface area contributed by atoms with Gasteiger partial charge in [-0.3, -0.25) is 0 Å². The van der Waals surface area contributed by atoms with Crippen LogP contribution < -0.4 is 0 Å². The molecule has 4 nitrogen and oxygen atoms in total. The molecule has 0 saturated carbocycles. The molecule has 0 aromatic rings. The predicted molar refractivity (Wildman–Crippen MR) is 2.75 cm³/mol. The molecule has 0 aromatic carbocycles. The second kappa shape index (κ2) is 144. The van der Waals surface area contributed by atoms with Crippen molar-refractivity contribution in [3.63, 3.8) is 0 Å². The zero-order chi connectivity index (χ0) is 0. The van der Waals surface area contributed by atoms with Crippen LogP contribution in [0.1, 0.15) is 0 Å². The van der Waals surface area contributed by atoms with Gasteiger partial charge in [0.25, 0.3) is 0 Å². The molecule has 0 spiro atoms. The van der Waals surface area contributed by atoms with E-state index in [0.29, 0.717) is 0 Å². The van der Waals surface area contributed by atoms with Crippen LogP contribution in [0.3, 0.4) is 0 Å². The SMILES string of the molecule is [Fe+2].[Fe+2].[Ni+2].[O-2].[O-2].[O-2].[O-2].[Zn+2]. The molecular formula is Fe2NiO4Zn. The quantitative estimate of drug-likeness (QED) is 0.537. The average molecular weight is 300 g/mol. The molecule has 0 rings (SSSR count). The smallest absolute Gasteiger partial charge is 2.00 e. The summed E-state index contributed by atoms with van der Waals surface area (Å²) in [7, 11) is 0. The minimum atomic E-state index is 0. The van der Waals surface area contributed by atoms with Crippen molar-refractivity contribution in [3.8, 4) is 0 Å². The molecule has 0 aliphatic carbocycles. The molecule has 8 heteroatoms. The van der Waals surface area contributed by atoms with Crippen molar-refractivity contribution in [2.75, 3.05) is 0 Å². The zero-order valence-corrected chi connectivity index (χ0v) is 9.53. The van der Waals surface area contributed by atoms with Gasteiger partial charge in [-0.2, -0.15) is 0 Å². The fourth-order valence-electron chi connectivity index (χ4n) is 0. The fraction of sp³-hybridized carbons (Fsp3) is 0. The van der Waals surface area contributed by atoms with Crippen LogP contribution in [-0.4, -0.2) is 0 Å². The van der Waals surface area contributed by atoms with Crippen LogP contribution in [-0.2, 0) is 92.0 Å². The molecule has 0 heterocycles. The summed E-state index contributed by atoms with van der Waals surface area (Å²) in [6, 6.07) is 0. The van der Waals surface area contributed by atoms with E-state index in [9.17, 15) is 0 Å². The summed E-state index contributed by atoms with van der Waals surface area (Å²) in [6.45, 7) is 0. The Hall–Kier alpha value is 2.00. The summed E-state index contributed by atoms with van der Waals surface area (Å²) in [6.07, 6.45) is 0. The molecule has 0 fully saturated rings. The minimum absolute atomic E-state index is 0. The zero-order valence-electron chi connectivity index (χ0n) is 3.36. The standard InChI is InChI=1S/2Fe.Ni.4O.Zn/q3*+2;4*-2;+2. The van der Waals surface area contributed by atoms with Gasteiger partial charge < -0.3 is 21.9 Å². The molecule has 0 unspecified atom stereocenters. The molecule has 0 N–H and O–H groups in total. The van der Waals surface area contributed by atoms with E-state index in [2.05, 4.69) is 0 Å². The Balaban J connectivity index is 0. The summed E-state index contributed by atoms with van der Waals surface area (Å²) in [5.74, 6) is 0. The Bertz CT molecular complexity index is 14.0. The van der Waals surface area contributed by atoms with Crippen molar-refractivity contribution in [3.05, 3.63) is 0 Å². The third-order valence-electron chi connectivity index (χ3n) is 0. The van der Waals surface area contributed by atoms with E-state index in [1.807, 2.05) is 0 Å². The molecular weight excluding hydrogens is 300 g/mol.